The lowest BCUT2D eigenvalue weighted by Crippen LogP contribution is -2.37. The highest BCUT2D eigenvalue weighted by molar-refractivity contribution is 6.46. The number of aromatic nitrogens is 1. The number of H-pyrrole nitrogens is 1. The zero-order valence-electron chi connectivity index (χ0n) is 17.1. The van der Waals surface area contributed by atoms with Crippen molar-refractivity contribution >= 4 is 17.4 Å². The van der Waals surface area contributed by atoms with Crippen LogP contribution in [-0.2, 0) is 9.59 Å². The van der Waals surface area contributed by atoms with E-state index in [-0.39, 0.29) is 11.3 Å². The van der Waals surface area contributed by atoms with Crippen molar-refractivity contribution in [3.63, 3.8) is 0 Å². The summed E-state index contributed by atoms with van der Waals surface area (Å²) in [5.74, 6) is -0.916. The lowest BCUT2D eigenvalue weighted by molar-refractivity contribution is -0.140. The summed E-state index contributed by atoms with van der Waals surface area (Å²) in [5.41, 5.74) is 3.22. The number of likely N-dealkylation sites (tertiary alicyclic amines) is 2. The Morgan fingerprint density at radius 1 is 1.17 bits per heavy atom. The number of aromatic amines is 1. The van der Waals surface area contributed by atoms with Gasteiger partial charge < -0.3 is 24.3 Å². The molecule has 2 saturated heterocycles. The molecule has 2 N–H and O–H groups in total. The molecule has 0 spiro atoms. The van der Waals surface area contributed by atoms with E-state index in [1.807, 2.05) is 20.8 Å². The lowest BCUT2D eigenvalue weighted by Gasteiger charge is -2.25. The van der Waals surface area contributed by atoms with Gasteiger partial charge in [0.05, 0.1) is 11.8 Å². The van der Waals surface area contributed by atoms with E-state index in [0.29, 0.717) is 24.4 Å². The van der Waals surface area contributed by atoms with Crippen molar-refractivity contribution in [1.82, 2.24) is 14.8 Å². The number of carbonyl (C=O) groups excluding carboxylic acids is 2. The number of nitrogens with one attached hydrogen (secondary N) is 1. The molecular weight excluding hydrogens is 370 g/mol. The zero-order chi connectivity index (χ0) is 20.7. The van der Waals surface area contributed by atoms with Crippen LogP contribution in [0.15, 0.2) is 28.4 Å². The second-order valence-electron chi connectivity index (χ2n) is 7.93. The fourth-order valence-electron chi connectivity index (χ4n) is 4.50. The fourth-order valence-corrected chi connectivity index (χ4v) is 4.50. The molecule has 2 fully saturated rings. The van der Waals surface area contributed by atoms with Crippen LogP contribution in [0.1, 0.15) is 47.2 Å². The summed E-state index contributed by atoms with van der Waals surface area (Å²) in [6, 6.07) is 2.75. The van der Waals surface area contributed by atoms with Crippen LogP contribution in [0.25, 0.3) is 5.76 Å². The monoisotopic (exact) mass is 397 g/mol. The number of amides is 1. The molecule has 2 aliphatic heterocycles. The minimum absolute atomic E-state index is 0.0940. The maximum absolute atomic E-state index is 13.0. The number of aryl methyl sites for hydroxylation is 2. The molecule has 0 bridgehead atoms. The molecule has 7 heteroatoms. The molecule has 0 aliphatic carbocycles. The summed E-state index contributed by atoms with van der Waals surface area (Å²) >= 11 is 0. The van der Waals surface area contributed by atoms with Gasteiger partial charge in [0.15, 0.2) is 0 Å². The van der Waals surface area contributed by atoms with Gasteiger partial charge in [0.1, 0.15) is 17.6 Å². The minimum Gasteiger partial charge on any atom is -0.507 e. The van der Waals surface area contributed by atoms with Crippen molar-refractivity contribution < 1.29 is 19.1 Å². The van der Waals surface area contributed by atoms with Crippen molar-refractivity contribution in [3.05, 3.63) is 52.2 Å². The van der Waals surface area contributed by atoms with Crippen LogP contribution in [0.5, 0.6) is 0 Å². The third-order valence-corrected chi connectivity index (χ3v) is 6.13. The van der Waals surface area contributed by atoms with Crippen molar-refractivity contribution in [3.8, 4) is 0 Å². The van der Waals surface area contributed by atoms with Gasteiger partial charge in [-0.1, -0.05) is 0 Å². The molecule has 0 aromatic carbocycles. The molecule has 1 amide bonds. The van der Waals surface area contributed by atoms with E-state index in [9.17, 15) is 14.7 Å². The van der Waals surface area contributed by atoms with E-state index < -0.39 is 17.7 Å². The Balaban J connectivity index is 1.77. The van der Waals surface area contributed by atoms with E-state index in [2.05, 4.69) is 9.88 Å². The quantitative estimate of drug-likeness (QED) is 0.460. The third-order valence-electron chi connectivity index (χ3n) is 6.13. The Bertz CT molecular complexity index is 965. The Kier molecular flexibility index (Phi) is 5.08. The van der Waals surface area contributed by atoms with Crippen LogP contribution in [0, 0.1) is 20.8 Å². The van der Waals surface area contributed by atoms with Gasteiger partial charge in [-0.05, 0) is 64.4 Å². The maximum atomic E-state index is 13.0. The van der Waals surface area contributed by atoms with Gasteiger partial charge in [0.25, 0.3) is 11.7 Å². The van der Waals surface area contributed by atoms with Gasteiger partial charge in [0, 0.05) is 30.0 Å². The predicted octanol–water partition coefficient (Wildman–Crippen LogP) is 3.05. The highest BCUT2D eigenvalue weighted by atomic mass is 16.3. The van der Waals surface area contributed by atoms with Crippen LogP contribution < -0.4 is 0 Å². The standard InChI is InChI=1S/C22H27N3O4/c1-13-14(2)23-15(3)17(13)20(26)18-19(16-7-6-12-29-16)25(22(28)21(18)27)11-10-24-8-4-5-9-24/h6-7,12,19,23,26H,4-5,8-11H2,1-3H3/b20-18+. The highest BCUT2D eigenvalue weighted by Crippen LogP contribution is 2.40. The van der Waals surface area contributed by atoms with Gasteiger partial charge >= 0.3 is 0 Å². The van der Waals surface area contributed by atoms with E-state index in [4.69, 9.17) is 4.42 Å². The molecule has 2 aromatic heterocycles. The SMILES string of the molecule is Cc1[nH]c(C)c(/C(O)=C2\C(=O)C(=O)N(CCN3CCCC3)C2c2ccco2)c1C. The maximum Gasteiger partial charge on any atom is 0.295 e. The van der Waals surface area contributed by atoms with E-state index in [1.54, 1.807) is 12.1 Å². The summed E-state index contributed by atoms with van der Waals surface area (Å²) in [6.45, 7) is 8.78. The number of ketones is 1. The van der Waals surface area contributed by atoms with Crippen LogP contribution in [0.2, 0.25) is 0 Å². The van der Waals surface area contributed by atoms with Crippen molar-refractivity contribution in [2.45, 2.75) is 39.7 Å². The first-order valence-corrected chi connectivity index (χ1v) is 10.1. The lowest BCUT2D eigenvalue weighted by atomic mass is 9.97. The van der Waals surface area contributed by atoms with Crippen LogP contribution in [-0.4, -0.2) is 57.8 Å². The van der Waals surface area contributed by atoms with Gasteiger partial charge in [-0.2, -0.15) is 0 Å². The Hall–Kier alpha value is -2.80. The van der Waals surface area contributed by atoms with E-state index in [1.165, 1.54) is 11.2 Å². The summed E-state index contributed by atoms with van der Waals surface area (Å²) in [6.07, 6.45) is 3.84. The molecule has 4 rings (SSSR count). The van der Waals surface area contributed by atoms with Crippen LogP contribution in [0.3, 0.4) is 0 Å². The summed E-state index contributed by atoms with van der Waals surface area (Å²) in [4.78, 5) is 32.9. The second-order valence-corrected chi connectivity index (χ2v) is 7.93. The highest BCUT2D eigenvalue weighted by Gasteiger charge is 2.47. The van der Waals surface area contributed by atoms with Crippen LogP contribution in [0.4, 0.5) is 0 Å². The number of furan rings is 1. The van der Waals surface area contributed by atoms with Crippen molar-refractivity contribution in [1.29, 1.82) is 0 Å². The summed E-state index contributed by atoms with van der Waals surface area (Å²) < 4.78 is 5.59. The number of rotatable bonds is 5. The van der Waals surface area contributed by atoms with Gasteiger partial charge in [0.2, 0.25) is 0 Å². The molecule has 0 saturated carbocycles. The Labute approximate surface area is 170 Å². The van der Waals surface area contributed by atoms with Gasteiger partial charge in [-0.15, -0.1) is 0 Å². The summed E-state index contributed by atoms with van der Waals surface area (Å²) in [5, 5.41) is 11.2. The van der Waals surface area contributed by atoms with Crippen molar-refractivity contribution in [2.24, 2.45) is 0 Å². The molecular formula is C22H27N3O4. The normalized spacial score (nSPS) is 22.2. The Morgan fingerprint density at radius 2 is 1.90 bits per heavy atom. The number of aliphatic hydroxyl groups excluding tert-OH is 1. The number of Topliss-reactive ketones (excluding diaryl/α,β-unsaturated/α-hetero) is 1. The van der Waals surface area contributed by atoms with Crippen LogP contribution >= 0.6 is 0 Å². The first-order valence-electron chi connectivity index (χ1n) is 10.1. The van der Waals surface area contributed by atoms with E-state index >= 15 is 0 Å². The predicted molar refractivity (Wildman–Crippen MR) is 108 cm³/mol. The van der Waals surface area contributed by atoms with Gasteiger partial charge in [-0.3, -0.25) is 9.59 Å². The summed E-state index contributed by atoms with van der Waals surface area (Å²) in [7, 11) is 0. The number of hydrogen-bond donors (Lipinski definition) is 2. The number of nitrogens with zero attached hydrogens (tertiary/aromatic N) is 2. The molecule has 7 nitrogen and oxygen atoms in total. The molecule has 2 aliphatic rings. The molecule has 29 heavy (non-hydrogen) atoms. The number of hydrogen-bond acceptors (Lipinski definition) is 5. The fraction of sp³-hybridized carbons (Fsp3) is 0.455. The molecule has 2 aromatic rings. The Morgan fingerprint density at radius 3 is 2.48 bits per heavy atom. The van der Waals surface area contributed by atoms with E-state index in [0.717, 1.165) is 42.9 Å². The molecule has 0 radical (unpaired) electrons. The largest absolute Gasteiger partial charge is 0.507 e. The second kappa shape index (κ2) is 7.55. The number of carbonyl (C=O) groups is 2. The average Bonchev–Trinajstić information content (AvgIpc) is 3.45. The molecule has 1 atom stereocenters. The number of aliphatic hydroxyl groups is 1. The first kappa shape index (κ1) is 19.5. The average molecular weight is 397 g/mol. The van der Waals surface area contributed by atoms with Crippen molar-refractivity contribution in [2.75, 3.05) is 26.2 Å². The first-order chi connectivity index (χ1) is 13.9. The molecule has 1 unspecified atom stereocenters. The molecule has 154 valence electrons. The smallest absolute Gasteiger partial charge is 0.295 e. The topological polar surface area (TPSA) is 89.8 Å². The minimum atomic E-state index is -0.721. The van der Waals surface area contributed by atoms with Gasteiger partial charge in [-0.25, -0.2) is 0 Å². The zero-order valence-corrected chi connectivity index (χ0v) is 17.1. The third kappa shape index (κ3) is 3.29. The molecule has 4 heterocycles.